The lowest BCUT2D eigenvalue weighted by Crippen LogP contribution is -3.21. The molecule has 0 spiro atoms. The zero-order valence-corrected chi connectivity index (χ0v) is 8.41. The molecule has 3 rings (SSSR count). The molecule has 0 amide bonds. The fourth-order valence-corrected chi connectivity index (χ4v) is 2.51. The van der Waals surface area contributed by atoms with Crippen molar-refractivity contribution in [3.63, 3.8) is 0 Å². The van der Waals surface area contributed by atoms with E-state index in [0.717, 1.165) is 30.8 Å². The van der Waals surface area contributed by atoms with Gasteiger partial charge >= 0.3 is 5.97 Å². The lowest BCUT2D eigenvalue weighted by Gasteiger charge is -2.39. The Labute approximate surface area is 83.2 Å². The van der Waals surface area contributed by atoms with Gasteiger partial charge in [0.25, 0.3) is 0 Å². The number of quaternary nitrogens is 1. The van der Waals surface area contributed by atoms with Crippen LogP contribution < -0.4 is 4.90 Å². The molecule has 1 atom stereocenters. The molecule has 0 aliphatic carbocycles. The molecule has 0 aromatic carbocycles. The maximum Gasteiger partial charge on any atom is 0.373 e. The largest absolute Gasteiger partial charge is 0.461 e. The van der Waals surface area contributed by atoms with Crippen molar-refractivity contribution in [2.45, 2.75) is 25.8 Å². The van der Waals surface area contributed by atoms with E-state index < -0.39 is 6.04 Å². The molecule has 0 saturated carbocycles. The van der Waals surface area contributed by atoms with Gasteiger partial charge in [-0.05, 0) is 6.92 Å². The Morgan fingerprint density at radius 2 is 2.14 bits per heavy atom. The van der Waals surface area contributed by atoms with Crippen molar-refractivity contribution in [3.05, 3.63) is 0 Å². The average molecular weight is 198 g/mol. The number of carbonyl (C=O) groups is 2. The summed E-state index contributed by atoms with van der Waals surface area (Å²) in [7, 11) is 0. The van der Waals surface area contributed by atoms with E-state index in [9.17, 15) is 9.59 Å². The summed E-state index contributed by atoms with van der Waals surface area (Å²) in [4.78, 5) is 24.4. The van der Waals surface area contributed by atoms with Gasteiger partial charge in [-0.2, -0.15) is 0 Å². The zero-order valence-electron chi connectivity index (χ0n) is 8.41. The van der Waals surface area contributed by atoms with Crippen LogP contribution in [0.25, 0.3) is 0 Å². The van der Waals surface area contributed by atoms with E-state index in [0.29, 0.717) is 6.61 Å². The third-order valence-corrected chi connectivity index (χ3v) is 3.25. The van der Waals surface area contributed by atoms with Crippen LogP contribution in [0.15, 0.2) is 0 Å². The van der Waals surface area contributed by atoms with Gasteiger partial charge < -0.3 is 9.64 Å². The maximum atomic E-state index is 11.8. The summed E-state index contributed by atoms with van der Waals surface area (Å²) in [6, 6.07) is -0.512. The molecule has 14 heavy (non-hydrogen) atoms. The zero-order chi connectivity index (χ0) is 10.1. The second-order valence-corrected chi connectivity index (χ2v) is 4.02. The van der Waals surface area contributed by atoms with Gasteiger partial charge in [0, 0.05) is 18.8 Å². The van der Waals surface area contributed by atoms with E-state index in [1.807, 2.05) is 0 Å². The van der Waals surface area contributed by atoms with Gasteiger partial charge in [0.1, 0.15) is 0 Å². The summed E-state index contributed by atoms with van der Waals surface area (Å²) in [5, 5.41) is 0. The van der Waals surface area contributed by atoms with Crippen LogP contribution in [0.3, 0.4) is 0 Å². The van der Waals surface area contributed by atoms with Crippen molar-refractivity contribution >= 4 is 11.8 Å². The predicted molar refractivity (Wildman–Crippen MR) is 48.8 cm³/mol. The first-order valence-corrected chi connectivity index (χ1v) is 5.29. The Kier molecular flexibility index (Phi) is 2.54. The molecule has 3 saturated heterocycles. The maximum absolute atomic E-state index is 11.8. The molecule has 3 aliphatic rings. The Balaban J connectivity index is 2.10. The highest BCUT2D eigenvalue weighted by molar-refractivity contribution is 6.03. The predicted octanol–water partition coefficient (Wildman–Crippen LogP) is -1.20. The quantitative estimate of drug-likeness (QED) is 0.447. The molecule has 4 nitrogen and oxygen atoms in total. The summed E-state index contributed by atoms with van der Waals surface area (Å²) in [5.74, 6) is -0.0882. The van der Waals surface area contributed by atoms with Gasteiger partial charge in [-0.25, -0.2) is 4.79 Å². The molecule has 1 N–H and O–H groups in total. The SMILES string of the molecule is CCOC(=O)[C@H]1C(=O)C2CC[NH+]1CC2. The summed E-state index contributed by atoms with van der Waals surface area (Å²) in [6.45, 7) is 4.02. The van der Waals surface area contributed by atoms with Crippen molar-refractivity contribution in [1.82, 2.24) is 0 Å². The number of carbonyl (C=O) groups excluding carboxylic acids is 2. The van der Waals surface area contributed by atoms with Crippen LogP contribution in [0.4, 0.5) is 0 Å². The number of piperidine rings is 3. The Hall–Kier alpha value is -0.900. The minimum atomic E-state index is -0.512. The number of Topliss-reactive ketones (excluding diaryl/α,β-unsaturated/α-hetero) is 1. The van der Waals surface area contributed by atoms with E-state index in [2.05, 4.69) is 0 Å². The molecule has 0 radical (unpaired) electrons. The van der Waals surface area contributed by atoms with E-state index in [4.69, 9.17) is 4.74 Å². The number of hydrogen-bond donors (Lipinski definition) is 1. The summed E-state index contributed by atoms with van der Waals surface area (Å²) in [6.07, 6.45) is 1.90. The molecule has 0 unspecified atom stereocenters. The molecule has 3 heterocycles. The van der Waals surface area contributed by atoms with Gasteiger partial charge in [-0.15, -0.1) is 0 Å². The number of esters is 1. The number of rotatable bonds is 2. The molecule has 0 aromatic heterocycles. The average Bonchev–Trinajstić information content (AvgIpc) is 2.19. The number of fused-ring (bicyclic) bond motifs is 3. The molecule has 3 aliphatic heterocycles. The van der Waals surface area contributed by atoms with Crippen LogP contribution in [-0.2, 0) is 14.3 Å². The third kappa shape index (κ3) is 1.43. The normalized spacial score (nSPS) is 35.8. The van der Waals surface area contributed by atoms with Gasteiger partial charge in [-0.3, -0.25) is 4.79 Å². The Bertz CT molecular complexity index is 256. The highest BCUT2D eigenvalue weighted by Crippen LogP contribution is 2.18. The van der Waals surface area contributed by atoms with Gasteiger partial charge in [-0.1, -0.05) is 0 Å². The topological polar surface area (TPSA) is 47.8 Å². The van der Waals surface area contributed by atoms with Gasteiger partial charge in [0.05, 0.1) is 19.7 Å². The van der Waals surface area contributed by atoms with Crippen LogP contribution >= 0.6 is 0 Å². The van der Waals surface area contributed by atoms with E-state index in [1.165, 1.54) is 0 Å². The van der Waals surface area contributed by atoms with Crippen LogP contribution in [0.2, 0.25) is 0 Å². The van der Waals surface area contributed by atoms with E-state index in [-0.39, 0.29) is 17.7 Å². The molecule has 0 aromatic rings. The van der Waals surface area contributed by atoms with Crippen molar-refractivity contribution < 1.29 is 19.2 Å². The number of nitrogens with one attached hydrogen (secondary N) is 1. The number of ketones is 1. The highest BCUT2D eigenvalue weighted by Gasteiger charge is 2.49. The third-order valence-electron chi connectivity index (χ3n) is 3.25. The first-order chi connectivity index (χ1) is 6.74. The highest BCUT2D eigenvalue weighted by atomic mass is 16.5. The standard InChI is InChI=1S/C10H15NO3/c1-2-14-10(13)8-9(12)7-3-5-11(8)6-4-7/h7-8H,2-6H2,1H3/p+1/t8-/m1/s1. The lowest BCUT2D eigenvalue weighted by atomic mass is 9.82. The van der Waals surface area contributed by atoms with Crippen molar-refractivity contribution in [2.75, 3.05) is 19.7 Å². The lowest BCUT2D eigenvalue weighted by molar-refractivity contribution is -0.919. The fraction of sp³-hybridized carbons (Fsp3) is 0.800. The smallest absolute Gasteiger partial charge is 0.373 e. The minimum Gasteiger partial charge on any atom is -0.461 e. The van der Waals surface area contributed by atoms with Crippen molar-refractivity contribution in [3.8, 4) is 0 Å². The Morgan fingerprint density at radius 3 is 2.64 bits per heavy atom. The first-order valence-electron chi connectivity index (χ1n) is 5.29. The molecule has 2 bridgehead atoms. The summed E-state index contributed by atoms with van der Waals surface area (Å²) in [5.41, 5.74) is 0. The number of hydrogen-bond acceptors (Lipinski definition) is 3. The molecule has 3 fully saturated rings. The first kappa shape index (κ1) is 9.65. The van der Waals surface area contributed by atoms with Crippen LogP contribution in [0.5, 0.6) is 0 Å². The molecular formula is C10H16NO3+. The molecule has 4 heteroatoms. The fourth-order valence-electron chi connectivity index (χ4n) is 2.51. The van der Waals surface area contributed by atoms with Gasteiger partial charge in [0.2, 0.25) is 11.8 Å². The van der Waals surface area contributed by atoms with Crippen molar-refractivity contribution in [1.29, 1.82) is 0 Å². The van der Waals surface area contributed by atoms with E-state index in [1.54, 1.807) is 6.92 Å². The van der Waals surface area contributed by atoms with Gasteiger partial charge in [0.15, 0.2) is 0 Å². The van der Waals surface area contributed by atoms with Crippen LogP contribution in [0.1, 0.15) is 19.8 Å². The van der Waals surface area contributed by atoms with E-state index >= 15 is 0 Å². The molecule has 78 valence electrons. The summed E-state index contributed by atoms with van der Waals surface area (Å²) >= 11 is 0. The Morgan fingerprint density at radius 1 is 1.50 bits per heavy atom. The van der Waals surface area contributed by atoms with Crippen molar-refractivity contribution in [2.24, 2.45) is 5.92 Å². The minimum absolute atomic E-state index is 0.107. The monoisotopic (exact) mass is 198 g/mol. The summed E-state index contributed by atoms with van der Waals surface area (Å²) < 4.78 is 4.92. The second kappa shape index (κ2) is 3.69. The second-order valence-electron chi connectivity index (χ2n) is 4.02. The molecular weight excluding hydrogens is 182 g/mol. The number of ether oxygens (including phenoxy) is 1. The van der Waals surface area contributed by atoms with Crippen LogP contribution in [0, 0.1) is 5.92 Å². The van der Waals surface area contributed by atoms with Crippen LogP contribution in [-0.4, -0.2) is 37.5 Å².